The molecule has 3 N–H and O–H groups in total. The molecular weight excluding hydrogens is 268 g/mol. The van der Waals surface area contributed by atoms with Crippen molar-refractivity contribution >= 4 is 17.8 Å². The van der Waals surface area contributed by atoms with E-state index in [1.165, 1.54) is 12.8 Å². The van der Waals surface area contributed by atoms with Gasteiger partial charge in [-0.1, -0.05) is 13.8 Å². The van der Waals surface area contributed by atoms with E-state index in [0.717, 1.165) is 25.5 Å². The lowest BCUT2D eigenvalue weighted by molar-refractivity contribution is 0.220. The van der Waals surface area contributed by atoms with Crippen LogP contribution in [-0.2, 0) is 0 Å². The van der Waals surface area contributed by atoms with Crippen molar-refractivity contribution in [3.05, 3.63) is 0 Å². The minimum Gasteiger partial charge on any atom is -0.396 e. The van der Waals surface area contributed by atoms with E-state index < -0.39 is 0 Å². The molecule has 0 atom stereocenters. The second-order valence-electron chi connectivity index (χ2n) is 6.22. The monoisotopic (exact) mass is 294 g/mol. The summed E-state index contributed by atoms with van der Waals surface area (Å²) in [5.74, 6) is 1.89. The van der Waals surface area contributed by atoms with Crippen molar-refractivity contribution in [1.82, 2.24) is 15.0 Å². The predicted molar refractivity (Wildman–Crippen MR) is 84.8 cm³/mol. The smallest absolute Gasteiger partial charge is 0.231 e. The number of aromatic nitrogens is 3. The first kappa shape index (κ1) is 15.8. The molecule has 0 aromatic carbocycles. The predicted octanol–water partition coefficient (Wildman–Crippen LogP) is 1.33. The lowest BCUT2D eigenvalue weighted by Crippen LogP contribution is -2.26. The summed E-state index contributed by atoms with van der Waals surface area (Å²) in [6, 6.07) is 0. The van der Waals surface area contributed by atoms with E-state index in [9.17, 15) is 0 Å². The second-order valence-corrected chi connectivity index (χ2v) is 6.22. The molecule has 1 saturated heterocycles. The molecule has 7 nitrogen and oxygen atoms in total. The van der Waals surface area contributed by atoms with Gasteiger partial charge >= 0.3 is 0 Å². The van der Waals surface area contributed by atoms with Crippen LogP contribution >= 0.6 is 0 Å². The van der Waals surface area contributed by atoms with E-state index in [-0.39, 0.29) is 12.0 Å². The quantitative estimate of drug-likeness (QED) is 0.699. The number of nitrogens with zero attached hydrogens (tertiary/aromatic N) is 4. The van der Waals surface area contributed by atoms with Gasteiger partial charge < -0.3 is 20.6 Å². The Morgan fingerprint density at radius 3 is 2.43 bits per heavy atom. The fraction of sp³-hybridized carbons (Fsp3) is 0.786. The zero-order valence-corrected chi connectivity index (χ0v) is 13.2. The van der Waals surface area contributed by atoms with E-state index in [1.807, 2.05) is 7.05 Å². The van der Waals surface area contributed by atoms with Crippen LogP contribution in [0, 0.1) is 5.41 Å². The van der Waals surface area contributed by atoms with Gasteiger partial charge in [0.05, 0.1) is 0 Å². The molecule has 2 rings (SSSR count). The Labute approximate surface area is 126 Å². The van der Waals surface area contributed by atoms with E-state index in [4.69, 9.17) is 5.11 Å². The fourth-order valence-corrected chi connectivity index (χ4v) is 2.32. The molecular formula is C14H26N6O. The fourth-order valence-electron chi connectivity index (χ4n) is 2.32. The maximum atomic E-state index is 9.08. The van der Waals surface area contributed by atoms with Crippen molar-refractivity contribution in [2.75, 3.05) is 48.8 Å². The Hall–Kier alpha value is -1.63. The minimum absolute atomic E-state index is 0.00497. The number of nitrogens with one attached hydrogen (secondary N) is 2. The Kier molecular flexibility index (Phi) is 5.17. The van der Waals surface area contributed by atoms with Crippen molar-refractivity contribution in [1.29, 1.82) is 0 Å². The summed E-state index contributed by atoms with van der Waals surface area (Å²) in [7, 11) is 1.81. The Morgan fingerprint density at radius 2 is 1.81 bits per heavy atom. The first-order chi connectivity index (χ1) is 10.0. The first-order valence-corrected chi connectivity index (χ1v) is 7.57. The molecule has 7 heteroatoms. The Balaban J connectivity index is 2.09. The third kappa shape index (κ3) is 4.42. The van der Waals surface area contributed by atoms with Crippen LogP contribution in [0.1, 0.15) is 33.1 Å². The highest BCUT2D eigenvalue weighted by Crippen LogP contribution is 2.22. The molecule has 0 radical (unpaired) electrons. The number of aliphatic hydroxyl groups is 1. The van der Waals surface area contributed by atoms with Crippen LogP contribution in [0.4, 0.5) is 17.8 Å². The summed E-state index contributed by atoms with van der Waals surface area (Å²) in [5, 5.41) is 15.3. The third-order valence-corrected chi connectivity index (χ3v) is 3.75. The van der Waals surface area contributed by atoms with Gasteiger partial charge in [0.1, 0.15) is 0 Å². The zero-order chi connectivity index (χ0) is 15.3. The normalized spacial score (nSPS) is 15.3. The van der Waals surface area contributed by atoms with Crippen LogP contribution in [0.2, 0.25) is 0 Å². The van der Waals surface area contributed by atoms with Crippen molar-refractivity contribution in [2.45, 2.75) is 33.1 Å². The molecule has 1 aromatic heterocycles. The van der Waals surface area contributed by atoms with Crippen molar-refractivity contribution < 1.29 is 5.11 Å². The molecule has 0 saturated carbocycles. The van der Waals surface area contributed by atoms with Crippen LogP contribution in [0.3, 0.4) is 0 Å². The first-order valence-electron chi connectivity index (χ1n) is 7.57. The number of aliphatic hydroxyl groups excluding tert-OH is 1. The molecule has 21 heavy (non-hydrogen) atoms. The topological polar surface area (TPSA) is 86.2 Å². The van der Waals surface area contributed by atoms with Gasteiger partial charge in [0.2, 0.25) is 17.8 Å². The summed E-state index contributed by atoms with van der Waals surface area (Å²) in [6.45, 7) is 7.12. The van der Waals surface area contributed by atoms with E-state index in [2.05, 4.69) is 44.3 Å². The molecule has 1 fully saturated rings. The maximum absolute atomic E-state index is 9.08. The number of hydrogen-bond donors (Lipinski definition) is 3. The molecule has 2 heterocycles. The SMILES string of the molecule is CNc1nc(NCC(C)(C)CCO)nc(N2CCCC2)n1. The highest BCUT2D eigenvalue weighted by molar-refractivity contribution is 5.44. The van der Waals surface area contributed by atoms with Crippen molar-refractivity contribution in [2.24, 2.45) is 5.41 Å². The standard InChI is InChI=1S/C14H26N6O/c1-14(2,6-9-21)10-16-12-17-11(15-3)18-13(19-12)20-7-4-5-8-20/h21H,4-10H2,1-3H3,(H2,15,16,17,18,19). The highest BCUT2D eigenvalue weighted by atomic mass is 16.3. The van der Waals surface area contributed by atoms with Crippen LogP contribution in [-0.4, -0.2) is 53.3 Å². The van der Waals surface area contributed by atoms with Gasteiger partial charge in [-0.25, -0.2) is 0 Å². The largest absolute Gasteiger partial charge is 0.396 e. The maximum Gasteiger partial charge on any atom is 0.231 e. The average Bonchev–Trinajstić information content (AvgIpc) is 2.99. The van der Waals surface area contributed by atoms with Gasteiger partial charge in [-0.05, 0) is 24.7 Å². The third-order valence-electron chi connectivity index (χ3n) is 3.75. The van der Waals surface area contributed by atoms with Crippen LogP contribution in [0.5, 0.6) is 0 Å². The molecule has 1 aliphatic heterocycles. The molecule has 0 unspecified atom stereocenters. The van der Waals surface area contributed by atoms with E-state index in [1.54, 1.807) is 0 Å². The van der Waals surface area contributed by atoms with Crippen molar-refractivity contribution in [3.8, 4) is 0 Å². The summed E-state index contributed by atoms with van der Waals surface area (Å²) in [5.41, 5.74) is -0.00497. The summed E-state index contributed by atoms with van der Waals surface area (Å²) in [6.07, 6.45) is 3.11. The summed E-state index contributed by atoms with van der Waals surface area (Å²) in [4.78, 5) is 15.5. The van der Waals surface area contributed by atoms with Gasteiger partial charge in [0.25, 0.3) is 0 Å². The molecule has 0 bridgehead atoms. The molecule has 1 aliphatic rings. The van der Waals surface area contributed by atoms with E-state index >= 15 is 0 Å². The van der Waals surface area contributed by atoms with Crippen LogP contribution in [0.15, 0.2) is 0 Å². The van der Waals surface area contributed by atoms with Crippen LogP contribution < -0.4 is 15.5 Å². The van der Waals surface area contributed by atoms with Gasteiger partial charge in [-0.3, -0.25) is 0 Å². The number of anilines is 3. The Morgan fingerprint density at radius 1 is 1.14 bits per heavy atom. The number of hydrogen-bond acceptors (Lipinski definition) is 7. The lowest BCUT2D eigenvalue weighted by Gasteiger charge is -2.24. The van der Waals surface area contributed by atoms with Crippen LogP contribution in [0.25, 0.3) is 0 Å². The molecule has 1 aromatic rings. The molecule has 0 amide bonds. The van der Waals surface area contributed by atoms with Gasteiger partial charge in [0.15, 0.2) is 0 Å². The van der Waals surface area contributed by atoms with Gasteiger partial charge in [0, 0.05) is 33.3 Å². The van der Waals surface area contributed by atoms with Gasteiger partial charge in [-0.2, -0.15) is 15.0 Å². The van der Waals surface area contributed by atoms with E-state index in [0.29, 0.717) is 18.4 Å². The average molecular weight is 294 g/mol. The lowest BCUT2D eigenvalue weighted by atomic mass is 9.90. The minimum atomic E-state index is -0.00497. The highest BCUT2D eigenvalue weighted by Gasteiger charge is 2.20. The summed E-state index contributed by atoms with van der Waals surface area (Å²) >= 11 is 0. The molecule has 118 valence electrons. The zero-order valence-electron chi connectivity index (χ0n) is 13.2. The number of rotatable bonds is 7. The molecule has 0 spiro atoms. The molecule has 0 aliphatic carbocycles. The van der Waals surface area contributed by atoms with Gasteiger partial charge in [-0.15, -0.1) is 0 Å². The second kappa shape index (κ2) is 6.89. The van der Waals surface area contributed by atoms with Crippen molar-refractivity contribution in [3.63, 3.8) is 0 Å². The Bertz CT molecular complexity index is 459. The summed E-state index contributed by atoms with van der Waals surface area (Å²) < 4.78 is 0.